The number of carbonyl (C=O) groups is 1. The molecule has 0 saturated carbocycles. The summed E-state index contributed by atoms with van der Waals surface area (Å²) in [5.41, 5.74) is 3.80. The molecule has 0 aromatic heterocycles. The van der Waals surface area contributed by atoms with Crippen molar-refractivity contribution in [1.29, 1.82) is 0 Å². The number of halogens is 2. The van der Waals surface area contributed by atoms with Crippen molar-refractivity contribution in [3.63, 3.8) is 0 Å². The Morgan fingerprint density at radius 1 is 1.22 bits per heavy atom. The van der Waals surface area contributed by atoms with Crippen LogP contribution in [0, 0.1) is 13.8 Å². The SMILES string of the molecule is Cc1ccc(N=Cc2cc(Cl)c(OCC(=O)O)c(Cl)c2)c(C)c1. The first-order valence-electron chi connectivity index (χ1n) is 6.82. The fourth-order valence-corrected chi connectivity index (χ4v) is 2.63. The van der Waals surface area contributed by atoms with Gasteiger partial charge < -0.3 is 9.84 Å². The van der Waals surface area contributed by atoms with Crippen molar-refractivity contribution in [2.75, 3.05) is 6.61 Å². The largest absolute Gasteiger partial charge is 0.479 e. The summed E-state index contributed by atoms with van der Waals surface area (Å²) in [5, 5.41) is 9.11. The molecule has 2 aromatic carbocycles. The number of nitrogens with zero attached hydrogens (tertiary/aromatic N) is 1. The maximum Gasteiger partial charge on any atom is 0.341 e. The zero-order chi connectivity index (χ0) is 17.0. The van der Waals surface area contributed by atoms with Crippen LogP contribution < -0.4 is 4.74 Å². The second-order valence-electron chi connectivity index (χ2n) is 5.04. The van der Waals surface area contributed by atoms with Gasteiger partial charge >= 0.3 is 5.97 Å². The monoisotopic (exact) mass is 351 g/mol. The number of aliphatic carboxylic acids is 1. The van der Waals surface area contributed by atoms with Crippen molar-refractivity contribution < 1.29 is 14.6 Å². The minimum absolute atomic E-state index is 0.152. The number of hydrogen-bond donors (Lipinski definition) is 1. The molecule has 1 N–H and O–H groups in total. The van der Waals surface area contributed by atoms with Crippen LogP contribution in [-0.4, -0.2) is 23.9 Å². The summed E-state index contributed by atoms with van der Waals surface area (Å²) >= 11 is 12.2. The molecule has 0 aliphatic carbocycles. The first kappa shape index (κ1) is 17.3. The van der Waals surface area contributed by atoms with E-state index in [2.05, 4.69) is 11.1 Å². The van der Waals surface area contributed by atoms with E-state index < -0.39 is 12.6 Å². The minimum Gasteiger partial charge on any atom is -0.479 e. The van der Waals surface area contributed by atoms with Gasteiger partial charge in [-0.2, -0.15) is 0 Å². The first-order valence-corrected chi connectivity index (χ1v) is 7.57. The van der Waals surface area contributed by atoms with E-state index >= 15 is 0 Å². The van der Waals surface area contributed by atoms with Crippen LogP contribution >= 0.6 is 23.2 Å². The molecule has 120 valence electrons. The smallest absolute Gasteiger partial charge is 0.341 e. The molecule has 4 nitrogen and oxygen atoms in total. The van der Waals surface area contributed by atoms with Crippen LogP contribution in [-0.2, 0) is 4.79 Å². The van der Waals surface area contributed by atoms with Crippen molar-refractivity contribution >= 4 is 41.1 Å². The topological polar surface area (TPSA) is 58.9 Å². The lowest BCUT2D eigenvalue weighted by atomic mass is 10.1. The van der Waals surface area contributed by atoms with Crippen molar-refractivity contribution in [1.82, 2.24) is 0 Å². The van der Waals surface area contributed by atoms with Crippen molar-refractivity contribution in [2.24, 2.45) is 4.99 Å². The maximum absolute atomic E-state index is 10.5. The molecule has 0 unspecified atom stereocenters. The minimum atomic E-state index is -1.10. The average molecular weight is 352 g/mol. The summed E-state index contributed by atoms with van der Waals surface area (Å²) in [7, 11) is 0. The molecule has 0 aliphatic heterocycles. The van der Waals surface area contributed by atoms with Crippen molar-refractivity contribution in [2.45, 2.75) is 13.8 Å². The number of carboxylic acids is 1. The molecule has 0 saturated heterocycles. The molecule has 0 bridgehead atoms. The van der Waals surface area contributed by atoms with Gasteiger partial charge in [-0.15, -0.1) is 0 Å². The average Bonchev–Trinajstić information content (AvgIpc) is 2.45. The molecule has 0 heterocycles. The van der Waals surface area contributed by atoms with Crippen LogP contribution in [0.2, 0.25) is 10.0 Å². The highest BCUT2D eigenvalue weighted by atomic mass is 35.5. The quantitative estimate of drug-likeness (QED) is 0.785. The van der Waals surface area contributed by atoms with Gasteiger partial charge in [0.1, 0.15) is 0 Å². The third-order valence-corrected chi connectivity index (χ3v) is 3.63. The fraction of sp³-hybridized carbons (Fsp3) is 0.176. The summed E-state index contributed by atoms with van der Waals surface area (Å²) in [6.45, 7) is 3.51. The molecule has 0 atom stereocenters. The highest BCUT2D eigenvalue weighted by Crippen LogP contribution is 2.34. The van der Waals surface area contributed by atoms with Gasteiger partial charge in [-0.25, -0.2) is 4.79 Å². The van der Waals surface area contributed by atoms with Crippen molar-refractivity contribution in [3.8, 4) is 5.75 Å². The number of benzene rings is 2. The molecule has 23 heavy (non-hydrogen) atoms. The Morgan fingerprint density at radius 3 is 2.43 bits per heavy atom. The number of carboxylic acid groups (broad SMARTS) is 1. The molecule has 6 heteroatoms. The first-order chi connectivity index (χ1) is 10.9. The summed E-state index contributed by atoms with van der Waals surface area (Å²) in [4.78, 5) is 15.0. The second kappa shape index (κ2) is 7.49. The molecule has 0 fully saturated rings. The number of ether oxygens (including phenoxy) is 1. The highest BCUT2D eigenvalue weighted by molar-refractivity contribution is 6.37. The van der Waals surface area contributed by atoms with E-state index in [4.69, 9.17) is 33.0 Å². The van der Waals surface area contributed by atoms with Crippen LogP contribution in [0.5, 0.6) is 5.75 Å². The molecule has 0 aliphatic rings. The van der Waals surface area contributed by atoms with Gasteiger partial charge in [0, 0.05) is 6.21 Å². The number of aliphatic imine (C=N–C) groups is 1. The molecule has 2 rings (SSSR count). The molecule has 0 radical (unpaired) electrons. The van der Waals surface area contributed by atoms with E-state index in [0.29, 0.717) is 5.56 Å². The van der Waals surface area contributed by atoms with Crippen LogP contribution in [0.3, 0.4) is 0 Å². The standard InChI is InChI=1S/C17H15Cl2NO3/c1-10-3-4-15(11(2)5-10)20-8-12-6-13(18)17(14(19)7-12)23-9-16(21)22/h3-8H,9H2,1-2H3,(H,21,22). The zero-order valence-electron chi connectivity index (χ0n) is 12.6. The number of rotatable bonds is 5. The summed E-state index contributed by atoms with van der Waals surface area (Å²) in [6, 6.07) is 9.22. The summed E-state index contributed by atoms with van der Waals surface area (Å²) in [6.07, 6.45) is 1.65. The van der Waals surface area contributed by atoms with Gasteiger partial charge in [0.05, 0.1) is 15.7 Å². The number of aryl methyl sites for hydroxylation is 2. The normalized spacial score (nSPS) is 11.0. The Bertz CT molecular complexity index is 749. The predicted molar refractivity (Wildman–Crippen MR) is 92.8 cm³/mol. The molecule has 0 spiro atoms. The van der Waals surface area contributed by atoms with Crippen LogP contribution in [0.15, 0.2) is 35.3 Å². The van der Waals surface area contributed by atoms with Crippen molar-refractivity contribution in [3.05, 3.63) is 57.1 Å². The second-order valence-corrected chi connectivity index (χ2v) is 5.86. The van der Waals surface area contributed by atoms with E-state index in [0.717, 1.165) is 11.3 Å². The lowest BCUT2D eigenvalue weighted by molar-refractivity contribution is -0.139. The van der Waals surface area contributed by atoms with E-state index in [9.17, 15) is 4.79 Å². The van der Waals surface area contributed by atoms with Gasteiger partial charge in [0.15, 0.2) is 12.4 Å². The van der Waals surface area contributed by atoms with Crippen LogP contribution in [0.1, 0.15) is 16.7 Å². The van der Waals surface area contributed by atoms with E-state index in [-0.39, 0.29) is 15.8 Å². The van der Waals surface area contributed by atoms with Gasteiger partial charge in [0.25, 0.3) is 0 Å². The lowest BCUT2D eigenvalue weighted by Crippen LogP contribution is -2.10. The zero-order valence-corrected chi connectivity index (χ0v) is 14.1. The van der Waals surface area contributed by atoms with E-state index in [1.165, 1.54) is 5.56 Å². The van der Waals surface area contributed by atoms with Gasteiger partial charge in [-0.05, 0) is 43.2 Å². The number of hydrogen-bond acceptors (Lipinski definition) is 3. The van der Waals surface area contributed by atoms with Gasteiger partial charge in [-0.3, -0.25) is 4.99 Å². The van der Waals surface area contributed by atoms with Crippen LogP contribution in [0.25, 0.3) is 0 Å². The molecular formula is C17H15Cl2NO3. The van der Waals surface area contributed by atoms with Gasteiger partial charge in [0.2, 0.25) is 0 Å². The fourth-order valence-electron chi connectivity index (χ4n) is 2.02. The van der Waals surface area contributed by atoms with E-state index in [1.54, 1.807) is 18.3 Å². The Morgan fingerprint density at radius 2 is 1.87 bits per heavy atom. The highest BCUT2D eigenvalue weighted by Gasteiger charge is 2.11. The Labute approximate surface area is 144 Å². The third kappa shape index (κ3) is 4.71. The predicted octanol–water partition coefficient (Wildman–Crippen LogP) is 4.82. The maximum atomic E-state index is 10.5. The molecule has 2 aromatic rings. The molecular weight excluding hydrogens is 337 g/mol. The van der Waals surface area contributed by atoms with E-state index in [1.807, 2.05) is 26.0 Å². The van der Waals surface area contributed by atoms with Crippen LogP contribution in [0.4, 0.5) is 5.69 Å². The summed E-state index contributed by atoms with van der Waals surface area (Å²) in [5.74, 6) is -0.947. The Hall–Kier alpha value is -2.04. The van der Waals surface area contributed by atoms with Gasteiger partial charge in [-0.1, -0.05) is 40.9 Å². The lowest BCUT2D eigenvalue weighted by Gasteiger charge is -2.08. The molecule has 0 amide bonds. The third-order valence-electron chi connectivity index (χ3n) is 3.07. The Balaban J connectivity index is 2.24. The summed E-state index contributed by atoms with van der Waals surface area (Å²) < 4.78 is 5.07. The Kier molecular flexibility index (Phi) is 5.64.